The third-order valence-corrected chi connectivity index (χ3v) is 2.81. The summed E-state index contributed by atoms with van der Waals surface area (Å²) >= 11 is 5.26. The van der Waals surface area contributed by atoms with Gasteiger partial charge in [-0.1, -0.05) is 30.3 Å². The van der Waals surface area contributed by atoms with Crippen molar-refractivity contribution in [2.45, 2.75) is 6.92 Å². The first-order valence-corrected chi connectivity index (χ1v) is 6.06. The molecule has 4 heteroatoms. The molecule has 18 heavy (non-hydrogen) atoms. The van der Waals surface area contributed by atoms with Crippen molar-refractivity contribution in [3.8, 4) is 0 Å². The Labute approximate surface area is 112 Å². The van der Waals surface area contributed by atoms with E-state index in [9.17, 15) is 0 Å². The lowest BCUT2D eigenvalue weighted by molar-refractivity contribution is 1.45. The van der Waals surface area contributed by atoms with Crippen LogP contribution in [-0.2, 0) is 0 Å². The summed E-state index contributed by atoms with van der Waals surface area (Å²) in [5.74, 6) is 0. The van der Waals surface area contributed by atoms with E-state index in [4.69, 9.17) is 18.0 Å². The highest BCUT2D eigenvalue weighted by Crippen LogP contribution is 2.18. The zero-order chi connectivity index (χ0) is 13.0. The minimum Gasteiger partial charge on any atom is -0.397 e. The van der Waals surface area contributed by atoms with Crippen LogP contribution in [0, 0.1) is 6.92 Å². The fourth-order valence-corrected chi connectivity index (χ4v) is 1.82. The van der Waals surface area contributed by atoms with Crippen LogP contribution in [0.2, 0.25) is 0 Å². The molecule has 0 unspecified atom stereocenters. The highest BCUT2D eigenvalue weighted by Gasteiger charge is 2.02. The van der Waals surface area contributed by atoms with Gasteiger partial charge >= 0.3 is 0 Å². The van der Waals surface area contributed by atoms with Crippen molar-refractivity contribution in [2.75, 3.05) is 16.4 Å². The van der Waals surface area contributed by atoms with Crippen LogP contribution in [0.1, 0.15) is 5.56 Å². The van der Waals surface area contributed by atoms with Crippen LogP contribution in [0.5, 0.6) is 0 Å². The van der Waals surface area contributed by atoms with Crippen molar-refractivity contribution in [2.24, 2.45) is 0 Å². The number of hydrogen-bond donors (Lipinski definition) is 3. The first-order valence-electron chi connectivity index (χ1n) is 5.65. The lowest BCUT2D eigenvalue weighted by Gasteiger charge is -2.13. The minimum absolute atomic E-state index is 0.530. The summed E-state index contributed by atoms with van der Waals surface area (Å²) < 4.78 is 0. The van der Waals surface area contributed by atoms with Gasteiger partial charge in [-0.05, 0) is 42.9 Å². The monoisotopic (exact) mass is 257 g/mol. The summed E-state index contributed by atoms with van der Waals surface area (Å²) in [6.07, 6.45) is 0. The van der Waals surface area contributed by atoms with E-state index >= 15 is 0 Å². The van der Waals surface area contributed by atoms with Crippen LogP contribution in [-0.4, -0.2) is 5.11 Å². The van der Waals surface area contributed by atoms with E-state index in [2.05, 4.69) is 10.6 Å². The highest BCUT2D eigenvalue weighted by atomic mass is 32.1. The Morgan fingerprint density at radius 2 is 1.50 bits per heavy atom. The topological polar surface area (TPSA) is 50.1 Å². The summed E-state index contributed by atoms with van der Waals surface area (Å²) in [5, 5.41) is 6.76. The lowest BCUT2D eigenvalue weighted by atomic mass is 10.2. The molecule has 0 amide bonds. The van der Waals surface area contributed by atoms with Gasteiger partial charge in [-0.3, -0.25) is 0 Å². The molecule has 0 aliphatic rings. The predicted octanol–water partition coefficient (Wildman–Crippen LogP) is 3.39. The number of anilines is 3. The van der Waals surface area contributed by atoms with Crippen molar-refractivity contribution >= 4 is 34.4 Å². The summed E-state index contributed by atoms with van der Waals surface area (Å²) in [5.41, 5.74) is 9.46. The van der Waals surface area contributed by atoms with Crippen molar-refractivity contribution in [3.05, 3.63) is 54.1 Å². The van der Waals surface area contributed by atoms with E-state index in [0.29, 0.717) is 10.8 Å². The number of hydrogen-bond acceptors (Lipinski definition) is 2. The first-order chi connectivity index (χ1) is 8.66. The number of nitrogen functional groups attached to an aromatic ring is 1. The summed E-state index contributed by atoms with van der Waals surface area (Å²) in [6, 6.07) is 15.5. The average Bonchev–Trinajstić information content (AvgIpc) is 2.35. The molecule has 0 heterocycles. The van der Waals surface area contributed by atoms with Crippen molar-refractivity contribution in [1.82, 2.24) is 0 Å². The van der Waals surface area contributed by atoms with Gasteiger partial charge in [0.2, 0.25) is 0 Å². The summed E-state index contributed by atoms with van der Waals surface area (Å²) in [4.78, 5) is 0. The van der Waals surface area contributed by atoms with E-state index in [1.807, 2.05) is 55.5 Å². The number of thiocarbonyl (C=S) groups is 1. The Morgan fingerprint density at radius 3 is 2.17 bits per heavy atom. The molecule has 0 aromatic heterocycles. The van der Waals surface area contributed by atoms with Gasteiger partial charge in [0, 0.05) is 5.69 Å². The predicted molar refractivity (Wildman–Crippen MR) is 81.9 cm³/mol. The minimum atomic E-state index is 0.530. The van der Waals surface area contributed by atoms with Crippen molar-refractivity contribution in [3.63, 3.8) is 0 Å². The van der Waals surface area contributed by atoms with Crippen LogP contribution in [0.25, 0.3) is 0 Å². The third-order valence-electron chi connectivity index (χ3n) is 2.60. The van der Waals surface area contributed by atoms with Crippen molar-refractivity contribution in [1.29, 1.82) is 0 Å². The van der Waals surface area contributed by atoms with E-state index in [0.717, 1.165) is 16.9 Å². The first kappa shape index (κ1) is 12.4. The zero-order valence-electron chi connectivity index (χ0n) is 10.1. The quantitative estimate of drug-likeness (QED) is 0.570. The molecule has 3 nitrogen and oxygen atoms in total. The van der Waals surface area contributed by atoms with Crippen LogP contribution in [0.15, 0.2) is 48.5 Å². The number of nitrogens with two attached hydrogens (primary N) is 1. The Hall–Kier alpha value is -2.07. The normalized spacial score (nSPS) is 9.83. The lowest BCUT2D eigenvalue weighted by Crippen LogP contribution is -2.20. The molecule has 0 bridgehead atoms. The molecule has 92 valence electrons. The smallest absolute Gasteiger partial charge is 0.175 e. The Bertz CT molecular complexity index is 517. The molecule has 4 N–H and O–H groups in total. The molecule has 0 fully saturated rings. The van der Waals surface area contributed by atoms with Gasteiger partial charge in [-0.15, -0.1) is 0 Å². The van der Waals surface area contributed by atoms with Gasteiger partial charge in [0.05, 0.1) is 11.4 Å². The number of aryl methyl sites for hydroxylation is 1. The molecular formula is C14H15N3S. The van der Waals surface area contributed by atoms with Crippen LogP contribution in [0.3, 0.4) is 0 Å². The maximum absolute atomic E-state index is 5.84. The molecule has 2 aromatic rings. The number of benzene rings is 2. The van der Waals surface area contributed by atoms with E-state index < -0.39 is 0 Å². The van der Waals surface area contributed by atoms with Gasteiger partial charge in [0.1, 0.15) is 0 Å². The molecule has 0 aliphatic carbocycles. The van der Waals surface area contributed by atoms with Gasteiger partial charge in [0.25, 0.3) is 0 Å². The second-order valence-electron chi connectivity index (χ2n) is 3.98. The molecule has 0 atom stereocenters. The molecule has 2 aromatic carbocycles. The standard InChI is InChI=1S/C14H15N3S/c1-10-6-2-4-8-12(10)16-14(18)17-13-9-5-3-7-11(13)15/h2-9H,15H2,1H3,(H2,16,17,18). The number of nitrogens with one attached hydrogen (secondary N) is 2. The summed E-state index contributed by atoms with van der Waals surface area (Å²) in [7, 11) is 0. The third kappa shape index (κ3) is 2.99. The van der Waals surface area contributed by atoms with Crippen molar-refractivity contribution < 1.29 is 0 Å². The number of rotatable bonds is 2. The largest absolute Gasteiger partial charge is 0.397 e. The van der Waals surface area contributed by atoms with Crippen LogP contribution < -0.4 is 16.4 Å². The van der Waals surface area contributed by atoms with Gasteiger partial charge < -0.3 is 16.4 Å². The Balaban J connectivity index is 2.06. The molecule has 2 rings (SSSR count). The maximum atomic E-state index is 5.84. The highest BCUT2D eigenvalue weighted by molar-refractivity contribution is 7.80. The molecule has 0 saturated carbocycles. The fraction of sp³-hybridized carbons (Fsp3) is 0.0714. The van der Waals surface area contributed by atoms with Gasteiger partial charge in [0.15, 0.2) is 5.11 Å². The van der Waals surface area contributed by atoms with E-state index in [1.54, 1.807) is 0 Å². The molecule has 0 aliphatic heterocycles. The molecule has 0 saturated heterocycles. The average molecular weight is 257 g/mol. The summed E-state index contributed by atoms with van der Waals surface area (Å²) in [6.45, 7) is 2.03. The van der Waals surface area contributed by atoms with E-state index in [1.165, 1.54) is 0 Å². The maximum Gasteiger partial charge on any atom is 0.175 e. The van der Waals surface area contributed by atoms with Gasteiger partial charge in [-0.2, -0.15) is 0 Å². The van der Waals surface area contributed by atoms with Crippen LogP contribution >= 0.6 is 12.2 Å². The number of para-hydroxylation sites is 3. The second kappa shape index (κ2) is 5.51. The Morgan fingerprint density at radius 1 is 0.944 bits per heavy atom. The van der Waals surface area contributed by atoms with E-state index in [-0.39, 0.29) is 0 Å². The van der Waals surface area contributed by atoms with Crippen LogP contribution in [0.4, 0.5) is 17.1 Å². The Kier molecular flexibility index (Phi) is 3.79. The fourth-order valence-electron chi connectivity index (χ4n) is 1.60. The molecule has 0 spiro atoms. The second-order valence-corrected chi connectivity index (χ2v) is 4.39. The SMILES string of the molecule is Cc1ccccc1NC(=S)Nc1ccccc1N. The van der Waals surface area contributed by atoms with Gasteiger partial charge in [-0.25, -0.2) is 0 Å². The zero-order valence-corrected chi connectivity index (χ0v) is 10.9. The molecular weight excluding hydrogens is 242 g/mol. The molecule has 0 radical (unpaired) electrons.